The molecule has 204 valence electrons. The fourth-order valence-electron chi connectivity index (χ4n) is 4.73. The van der Waals surface area contributed by atoms with Crippen molar-refractivity contribution >= 4 is 22.8 Å². The van der Waals surface area contributed by atoms with Crippen LogP contribution in [0.4, 0.5) is 0 Å². The van der Waals surface area contributed by atoms with Crippen LogP contribution in [0, 0.1) is 5.92 Å². The number of carbonyl (C=O) groups excluding carboxylic acids is 1. The van der Waals surface area contributed by atoms with E-state index in [-0.39, 0.29) is 30.3 Å². The highest BCUT2D eigenvalue weighted by molar-refractivity contribution is 5.94. The number of aromatic nitrogens is 2. The summed E-state index contributed by atoms with van der Waals surface area (Å²) in [6, 6.07) is 22.8. The number of carboxylic acid groups (broad SMARTS) is 1. The Bertz CT molecular complexity index is 1430. The van der Waals surface area contributed by atoms with Crippen molar-refractivity contribution in [2.45, 2.75) is 65.3 Å². The molecule has 39 heavy (non-hydrogen) atoms. The van der Waals surface area contributed by atoms with Crippen LogP contribution in [0.1, 0.15) is 81.4 Å². The first-order valence-corrected chi connectivity index (χ1v) is 13.7. The Labute approximate surface area is 231 Å². The highest BCUT2D eigenvalue weighted by Gasteiger charge is 2.18. The number of aliphatic carboxylic acids is 1. The zero-order valence-electron chi connectivity index (χ0n) is 23.6. The fraction of sp³-hybridized carbons (Fsp3) is 0.364. The van der Waals surface area contributed by atoms with Crippen molar-refractivity contribution in [3.05, 3.63) is 89.6 Å². The zero-order valence-corrected chi connectivity index (χ0v) is 23.6. The van der Waals surface area contributed by atoms with E-state index in [2.05, 4.69) is 93.3 Å². The Morgan fingerprint density at radius 3 is 2.21 bits per heavy atom. The van der Waals surface area contributed by atoms with Crippen molar-refractivity contribution < 1.29 is 14.7 Å². The Morgan fingerprint density at radius 2 is 1.59 bits per heavy atom. The van der Waals surface area contributed by atoms with E-state index in [1.165, 1.54) is 16.7 Å². The Hall–Kier alpha value is -3.93. The van der Waals surface area contributed by atoms with E-state index in [4.69, 9.17) is 10.2 Å². The highest BCUT2D eigenvalue weighted by Crippen LogP contribution is 2.31. The van der Waals surface area contributed by atoms with Crippen LogP contribution in [-0.2, 0) is 10.2 Å². The van der Waals surface area contributed by atoms with Crippen molar-refractivity contribution in [3.63, 3.8) is 0 Å². The van der Waals surface area contributed by atoms with Gasteiger partial charge in [-0.25, -0.2) is 0 Å². The molecule has 0 radical (unpaired) electrons. The van der Waals surface area contributed by atoms with E-state index in [0.717, 1.165) is 29.3 Å². The minimum Gasteiger partial charge on any atom is -0.481 e. The quantitative estimate of drug-likeness (QED) is 0.229. The van der Waals surface area contributed by atoms with Gasteiger partial charge in [-0.1, -0.05) is 77.1 Å². The molecule has 1 amide bonds. The second-order valence-electron chi connectivity index (χ2n) is 11.7. The fourth-order valence-corrected chi connectivity index (χ4v) is 4.73. The SMILES string of the molecule is CC(C)CCC(c1ccc(C(=O)NCCC(=O)O)cc1)n1cc2cc(-c3ccc(C(C)(C)C)cc3)ccc2n1. The van der Waals surface area contributed by atoms with Crippen LogP contribution in [0.3, 0.4) is 0 Å². The Balaban J connectivity index is 1.59. The molecule has 3 aromatic carbocycles. The van der Waals surface area contributed by atoms with Crippen LogP contribution in [-0.4, -0.2) is 33.3 Å². The molecule has 6 nitrogen and oxygen atoms in total. The molecular weight excluding hydrogens is 486 g/mol. The topological polar surface area (TPSA) is 84.2 Å². The van der Waals surface area contributed by atoms with Crippen LogP contribution in [0.2, 0.25) is 0 Å². The number of nitrogens with zero attached hydrogens (tertiary/aromatic N) is 2. The highest BCUT2D eigenvalue weighted by atomic mass is 16.4. The second-order valence-corrected chi connectivity index (χ2v) is 11.7. The number of carbonyl (C=O) groups is 2. The molecule has 1 aromatic heterocycles. The summed E-state index contributed by atoms with van der Waals surface area (Å²) in [5.74, 6) is -0.648. The molecule has 0 aliphatic carbocycles. The number of amides is 1. The van der Waals surface area contributed by atoms with Gasteiger partial charge in [-0.2, -0.15) is 5.10 Å². The molecule has 6 heteroatoms. The van der Waals surface area contributed by atoms with Gasteiger partial charge in [-0.3, -0.25) is 14.3 Å². The normalized spacial score (nSPS) is 12.6. The summed E-state index contributed by atoms with van der Waals surface area (Å²) in [6.07, 6.45) is 4.00. The molecular formula is C33H39N3O3. The monoisotopic (exact) mass is 525 g/mol. The molecule has 0 bridgehead atoms. The molecule has 1 unspecified atom stereocenters. The third-order valence-corrected chi connectivity index (χ3v) is 7.13. The van der Waals surface area contributed by atoms with Crippen molar-refractivity contribution in [1.29, 1.82) is 0 Å². The van der Waals surface area contributed by atoms with E-state index in [1.54, 1.807) is 12.1 Å². The van der Waals surface area contributed by atoms with Gasteiger partial charge in [-0.05, 0) is 70.7 Å². The number of fused-ring (bicyclic) bond motifs is 1. The van der Waals surface area contributed by atoms with Gasteiger partial charge >= 0.3 is 5.97 Å². The predicted octanol–water partition coefficient (Wildman–Crippen LogP) is 7.23. The summed E-state index contributed by atoms with van der Waals surface area (Å²) >= 11 is 0. The average Bonchev–Trinajstić information content (AvgIpc) is 3.31. The summed E-state index contributed by atoms with van der Waals surface area (Å²) in [5, 5.41) is 17.5. The maximum atomic E-state index is 12.4. The molecule has 4 rings (SSSR count). The van der Waals surface area contributed by atoms with Crippen molar-refractivity contribution in [1.82, 2.24) is 15.1 Å². The van der Waals surface area contributed by atoms with Gasteiger partial charge in [0.25, 0.3) is 5.91 Å². The number of nitrogens with one attached hydrogen (secondary N) is 1. The summed E-state index contributed by atoms with van der Waals surface area (Å²) in [4.78, 5) is 23.1. The molecule has 0 saturated heterocycles. The van der Waals surface area contributed by atoms with Gasteiger partial charge < -0.3 is 10.4 Å². The number of hydrogen-bond donors (Lipinski definition) is 2. The third kappa shape index (κ3) is 7.14. The summed E-state index contributed by atoms with van der Waals surface area (Å²) < 4.78 is 2.06. The van der Waals surface area contributed by atoms with E-state index in [9.17, 15) is 9.59 Å². The lowest BCUT2D eigenvalue weighted by Gasteiger charge is -2.19. The zero-order chi connectivity index (χ0) is 28.2. The van der Waals surface area contributed by atoms with E-state index in [0.29, 0.717) is 11.5 Å². The molecule has 4 aromatic rings. The Morgan fingerprint density at radius 1 is 0.923 bits per heavy atom. The predicted molar refractivity (Wildman–Crippen MR) is 157 cm³/mol. The largest absolute Gasteiger partial charge is 0.481 e. The van der Waals surface area contributed by atoms with Crippen LogP contribution in [0.5, 0.6) is 0 Å². The standard InChI is InChI=1S/C33H39N3O3/c1-22(2)6-17-30(24-7-9-25(10-8-24)32(39)34-19-18-31(37)38)36-21-27-20-26(13-16-29(27)35-36)23-11-14-28(15-12-23)33(3,4)5/h7-16,20-22,30H,6,17-19H2,1-5H3,(H,34,39)(H,37,38). The number of hydrogen-bond acceptors (Lipinski definition) is 3. The van der Waals surface area contributed by atoms with E-state index in [1.807, 2.05) is 12.1 Å². The summed E-state index contributed by atoms with van der Waals surface area (Å²) in [7, 11) is 0. The van der Waals surface area contributed by atoms with E-state index < -0.39 is 5.97 Å². The maximum absolute atomic E-state index is 12.4. The first kappa shape index (κ1) is 28.1. The van der Waals surface area contributed by atoms with Gasteiger partial charge in [0, 0.05) is 23.7 Å². The first-order chi connectivity index (χ1) is 18.5. The van der Waals surface area contributed by atoms with Crippen molar-refractivity contribution in [2.24, 2.45) is 5.92 Å². The lowest BCUT2D eigenvalue weighted by Crippen LogP contribution is -2.26. The second kappa shape index (κ2) is 11.9. The average molecular weight is 526 g/mol. The molecule has 1 atom stereocenters. The van der Waals surface area contributed by atoms with Gasteiger partial charge in [-0.15, -0.1) is 0 Å². The maximum Gasteiger partial charge on any atom is 0.305 e. The summed E-state index contributed by atoms with van der Waals surface area (Å²) in [5.41, 5.74) is 6.34. The minimum absolute atomic E-state index is 0.0402. The number of benzene rings is 3. The first-order valence-electron chi connectivity index (χ1n) is 13.7. The molecule has 1 heterocycles. The van der Waals surface area contributed by atoms with Gasteiger partial charge in [0.1, 0.15) is 0 Å². The molecule has 0 aliphatic heterocycles. The van der Waals surface area contributed by atoms with Gasteiger partial charge in [0.2, 0.25) is 0 Å². The van der Waals surface area contributed by atoms with E-state index >= 15 is 0 Å². The minimum atomic E-state index is -0.934. The third-order valence-electron chi connectivity index (χ3n) is 7.13. The molecule has 0 spiro atoms. The molecule has 0 fully saturated rings. The van der Waals surface area contributed by atoms with Crippen LogP contribution in [0.25, 0.3) is 22.0 Å². The summed E-state index contributed by atoms with van der Waals surface area (Å²) in [6.45, 7) is 11.2. The lowest BCUT2D eigenvalue weighted by atomic mass is 9.86. The molecule has 0 saturated carbocycles. The number of rotatable bonds is 10. The van der Waals surface area contributed by atoms with Crippen LogP contribution >= 0.6 is 0 Å². The van der Waals surface area contributed by atoms with Crippen molar-refractivity contribution in [2.75, 3.05) is 6.54 Å². The molecule has 0 aliphatic rings. The van der Waals surface area contributed by atoms with Crippen molar-refractivity contribution in [3.8, 4) is 11.1 Å². The number of carboxylic acids is 1. The van der Waals surface area contributed by atoms with Crippen LogP contribution < -0.4 is 5.32 Å². The van der Waals surface area contributed by atoms with Crippen LogP contribution in [0.15, 0.2) is 72.9 Å². The van der Waals surface area contributed by atoms with Gasteiger partial charge in [0.05, 0.1) is 18.0 Å². The lowest BCUT2D eigenvalue weighted by molar-refractivity contribution is -0.136. The Kier molecular flexibility index (Phi) is 8.54. The molecule has 2 N–H and O–H groups in total. The van der Waals surface area contributed by atoms with Gasteiger partial charge in [0.15, 0.2) is 0 Å². The smallest absolute Gasteiger partial charge is 0.305 e.